The van der Waals surface area contributed by atoms with E-state index in [0.717, 1.165) is 21.8 Å². The van der Waals surface area contributed by atoms with Gasteiger partial charge in [0.1, 0.15) is 6.07 Å². The predicted molar refractivity (Wildman–Crippen MR) is 90.3 cm³/mol. The molecule has 0 amide bonds. The van der Waals surface area contributed by atoms with Gasteiger partial charge in [0.05, 0.1) is 5.56 Å². The Kier molecular flexibility index (Phi) is 5.17. The minimum absolute atomic E-state index is 0.821. The van der Waals surface area contributed by atoms with E-state index >= 15 is 0 Å². The number of thioether (sulfide) groups is 2. The topological polar surface area (TPSA) is 23.8 Å². The molecule has 0 aliphatic heterocycles. The summed E-state index contributed by atoms with van der Waals surface area (Å²) in [4.78, 5) is 1.06. The lowest BCUT2D eigenvalue weighted by molar-refractivity contribution is 1.22. The van der Waals surface area contributed by atoms with Gasteiger partial charge >= 0.3 is 0 Å². The largest absolute Gasteiger partial charge is 0.192 e. The second-order valence-electron chi connectivity index (χ2n) is 4.52. The Morgan fingerprint density at radius 3 is 2.40 bits per heavy atom. The summed E-state index contributed by atoms with van der Waals surface area (Å²) in [6.45, 7) is 2.07. The van der Waals surface area contributed by atoms with Crippen molar-refractivity contribution in [2.24, 2.45) is 0 Å². The van der Waals surface area contributed by atoms with Crippen molar-refractivity contribution >= 4 is 23.5 Å². The van der Waals surface area contributed by atoms with E-state index in [1.54, 1.807) is 23.5 Å². The maximum atomic E-state index is 9.41. The third kappa shape index (κ3) is 2.87. The normalized spacial score (nSPS) is 10.3. The first-order valence-corrected chi connectivity index (χ1v) is 8.99. The molecule has 0 heterocycles. The van der Waals surface area contributed by atoms with Gasteiger partial charge in [-0.05, 0) is 47.8 Å². The molecule has 0 atom stereocenters. The number of nitrogens with zero attached hydrogens (tertiary/aromatic N) is 1. The van der Waals surface area contributed by atoms with E-state index in [9.17, 15) is 5.26 Å². The van der Waals surface area contributed by atoms with Gasteiger partial charge in [-0.3, -0.25) is 0 Å². The monoisotopic (exact) mass is 299 g/mol. The minimum Gasteiger partial charge on any atom is -0.192 e. The molecule has 0 saturated heterocycles. The van der Waals surface area contributed by atoms with Gasteiger partial charge in [0.25, 0.3) is 0 Å². The first kappa shape index (κ1) is 15.0. The van der Waals surface area contributed by atoms with Crippen LogP contribution in [0.4, 0.5) is 0 Å². The summed E-state index contributed by atoms with van der Waals surface area (Å²) in [5.74, 6) is 0.930. The van der Waals surface area contributed by atoms with E-state index in [4.69, 9.17) is 0 Å². The predicted octanol–water partition coefficient (Wildman–Crippen LogP) is 5.12. The highest BCUT2D eigenvalue weighted by atomic mass is 32.2. The van der Waals surface area contributed by atoms with E-state index in [2.05, 4.69) is 49.6 Å². The standard InChI is InChI=1S/C17H17NS2/c1-12-15(10-18)17(20-3)9-14(16(12)11-19-2)13-7-5-4-6-8-13/h4-9H,11H2,1-3H3. The zero-order valence-electron chi connectivity index (χ0n) is 11.9. The van der Waals surface area contributed by atoms with Crippen LogP contribution in [0, 0.1) is 18.3 Å². The quantitative estimate of drug-likeness (QED) is 0.732. The molecule has 0 unspecified atom stereocenters. The number of benzene rings is 2. The molecule has 0 N–H and O–H groups in total. The molecule has 0 aliphatic rings. The molecule has 0 radical (unpaired) electrons. The SMILES string of the molecule is CSCc1c(-c2ccccc2)cc(SC)c(C#N)c1C. The molecule has 2 rings (SSSR count). The Labute approximate surface area is 129 Å². The Balaban J connectivity index is 2.73. The van der Waals surface area contributed by atoms with Gasteiger partial charge in [0.15, 0.2) is 0 Å². The summed E-state index contributed by atoms with van der Waals surface area (Å²) < 4.78 is 0. The van der Waals surface area contributed by atoms with Crippen molar-refractivity contribution in [2.75, 3.05) is 12.5 Å². The summed E-state index contributed by atoms with van der Waals surface area (Å²) >= 11 is 3.43. The van der Waals surface area contributed by atoms with E-state index in [-0.39, 0.29) is 0 Å². The average molecular weight is 299 g/mol. The number of rotatable bonds is 4. The molecular formula is C17H17NS2. The first-order valence-electron chi connectivity index (χ1n) is 6.37. The van der Waals surface area contributed by atoms with Crippen LogP contribution >= 0.6 is 23.5 Å². The van der Waals surface area contributed by atoms with Crippen molar-refractivity contribution in [3.63, 3.8) is 0 Å². The second kappa shape index (κ2) is 6.88. The zero-order valence-corrected chi connectivity index (χ0v) is 13.6. The summed E-state index contributed by atoms with van der Waals surface area (Å²) in [5, 5.41) is 9.41. The van der Waals surface area contributed by atoms with Crippen LogP contribution in [0.3, 0.4) is 0 Å². The third-order valence-electron chi connectivity index (χ3n) is 3.38. The van der Waals surface area contributed by atoms with Crippen molar-refractivity contribution in [2.45, 2.75) is 17.6 Å². The summed E-state index contributed by atoms with van der Waals surface area (Å²) in [6, 6.07) is 14.9. The van der Waals surface area contributed by atoms with Gasteiger partial charge in [-0.15, -0.1) is 11.8 Å². The van der Waals surface area contributed by atoms with Crippen molar-refractivity contribution in [3.8, 4) is 17.2 Å². The number of hydrogen-bond donors (Lipinski definition) is 0. The number of nitriles is 1. The van der Waals surface area contributed by atoms with Gasteiger partial charge in [0, 0.05) is 10.6 Å². The van der Waals surface area contributed by atoms with Gasteiger partial charge < -0.3 is 0 Å². The molecule has 0 aliphatic carbocycles. The fourth-order valence-corrected chi connectivity index (χ4v) is 3.63. The highest BCUT2D eigenvalue weighted by molar-refractivity contribution is 7.98. The number of hydrogen-bond acceptors (Lipinski definition) is 3. The molecule has 1 nitrogen and oxygen atoms in total. The molecule has 0 aromatic heterocycles. The van der Waals surface area contributed by atoms with Crippen molar-refractivity contribution in [1.29, 1.82) is 5.26 Å². The molecule has 20 heavy (non-hydrogen) atoms. The lowest BCUT2D eigenvalue weighted by atomic mass is 9.94. The second-order valence-corrected chi connectivity index (χ2v) is 6.23. The third-order valence-corrected chi connectivity index (χ3v) is 4.72. The van der Waals surface area contributed by atoms with Gasteiger partial charge in [-0.2, -0.15) is 17.0 Å². The lowest BCUT2D eigenvalue weighted by Crippen LogP contribution is -1.98. The van der Waals surface area contributed by atoms with Crippen LogP contribution in [0.25, 0.3) is 11.1 Å². The molecule has 0 bridgehead atoms. The summed E-state index contributed by atoms with van der Waals surface area (Å²) in [6.07, 6.45) is 4.13. The fourth-order valence-electron chi connectivity index (χ4n) is 2.33. The average Bonchev–Trinajstić information content (AvgIpc) is 2.49. The minimum atomic E-state index is 0.821. The molecule has 0 saturated carbocycles. The lowest BCUT2D eigenvalue weighted by Gasteiger charge is -2.16. The van der Waals surface area contributed by atoms with Crippen LogP contribution in [0.15, 0.2) is 41.3 Å². The van der Waals surface area contributed by atoms with E-state index < -0.39 is 0 Å². The highest BCUT2D eigenvalue weighted by Crippen LogP contribution is 2.35. The van der Waals surface area contributed by atoms with Crippen molar-refractivity contribution < 1.29 is 0 Å². The van der Waals surface area contributed by atoms with Gasteiger partial charge in [-0.25, -0.2) is 0 Å². The van der Waals surface area contributed by atoms with Gasteiger partial charge in [-0.1, -0.05) is 30.3 Å². The molecule has 2 aromatic carbocycles. The maximum absolute atomic E-state index is 9.41. The Morgan fingerprint density at radius 2 is 1.85 bits per heavy atom. The fraction of sp³-hybridized carbons (Fsp3) is 0.235. The zero-order chi connectivity index (χ0) is 14.5. The Hall–Kier alpha value is -1.37. The van der Waals surface area contributed by atoms with Crippen LogP contribution in [-0.2, 0) is 5.75 Å². The molecule has 102 valence electrons. The van der Waals surface area contributed by atoms with E-state index in [1.807, 2.05) is 12.3 Å². The molecule has 0 spiro atoms. The molecule has 3 heteroatoms. The van der Waals surface area contributed by atoms with Crippen LogP contribution in [0.1, 0.15) is 16.7 Å². The highest BCUT2D eigenvalue weighted by Gasteiger charge is 2.15. The van der Waals surface area contributed by atoms with Crippen LogP contribution < -0.4 is 0 Å². The van der Waals surface area contributed by atoms with Gasteiger partial charge in [0.2, 0.25) is 0 Å². The molecule has 0 fully saturated rings. The summed E-state index contributed by atoms with van der Waals surface area (Å²) in [7, 11) is 0. The Morgan fingerprint density at radius 1 is 1.15 bits per heavy atom. The summed E-state index contributed by atoms with van der Waals surface area (Å²) in [5.41, 5.74) is 5.69. The van der Waals surface area contributed by atoms with Crippen molar-refractivity contribution in [1.82, 2.24) is 0 Å². The molecule has 2 aromatic rings. The smallest absolute Gasteiger partial charge is 0.101 e. The van der Waals surface area contributed by atoms with Crippen LogP contribution in [0.5, 0.6) is 0 Å². The maximum Gasteiger partial charge on any atom is 0.101 e. The Bertz CT molecular complexity index is 642. The van der Waals surface area contributed by atoms with Crippen LogP contribution in [0.2, 0.25) is 0 Å². The van der Waals surface area contributed by atoms with Crippen LogP contribution in [-0.4, -0.2) is 12.5 Å². The van der Waals surface area contributed by atoms with E-state index in [0.29, 0.717) is 0 Å². The van der Waals surface area contributed by atoms with Crippen molar-refractivity contribution in [3.05, 3.63) is 53.1 Å². The first-order chi connectivity index (χ1) is 9.72. The molecular weight excluding hydrogens is 282 g/mol. The van der Waals surface area contributed by atoms with E-state index in [1.165, 1.54) is 16.7 Å².